The number of methoxy groups -OCH3 is 1. The van der Waals surface area contributed by atoms with E-state index in [4.69, 9.17) is 9.47 Å². The zero-order chi connectivity index (χ0) is 22.5. The summed E-state index contributed by atoms with van der Waals surface area (Å²) in [6.45, 7) is 5.87. The molecule has 0 aromatic heterocycles. The minimum atomic E-state index is -0.528. The lowest BCUT2D eigenvalue weighted by molar-refractivity contribution is -0.139. The van der Waals surface area contributed by atoms with Gasteiger partial charge in [-0.15, -0.1) is 0 Å². The number of amides is 1. The van der Waals surface area contributed by atoms with E-state index in [0.717, 1.165) is 5.56 Å². The van der Waals surface area contributed by atoms with Crippen molar-refractivity contribution in [3.8, 4) is 5.75 Å². The lowest BCUT2D eigenvalue weighted by atomic mass is 10.1. The van der Waals surface area contributed by atoms with Crippen molar-refractivity contribution in [1.82, 2.24) is 9.80 Å². The standard InChI is InChI=1S/C23H26BrFN2O4/c1-15-12-27(16(2)11-26(15)13-17-4-7-19(25)8-5-17)22(28)14-31-21-9-6-18(24)10-20(21)23(29)30-3/h4-10,15-16H,11-14H2,1-3H3. The summed E-state index contributed by atoms with van der Waals surface area (Å²) < 4.78 is 24.3. The highest BCUT2D eigenvalue weighted by Crippen LogP contribution is 2.25. The van der Waals surface area contributed by atoms with Crippen LogP contribution in [-0.4, -0.2) is 60.6 Å². The Balaban J connectivity index is 1.61. The van der Waals surface area contributed by atoms with E-state index in [1.807, 2.05) is 11.8 Å². The average molecular weight is 493 g/mol. The summed E-state index contributed by atoms with van der Waals surface area (Å²) in [6, 6.07) is 11.6. The first-order valence-electron chi connectivity index (χ1n) is 10.1. The van der Waals surface area contributed by atoms with Crippen LogP contribution in [0.25, 0.3) is 0 Å². The molecule has 0 spiro atoms. The van der Waals surface area contributed by atoms with E-state index < -0.39 is 5.97 Å². The SMILES string of the molecule is COC(=O)c1cc(Br)ccc1OCC(=O)N1CC(C)N(Cc2ccc(F)cc2)CC1C. The van der Waals surface area contributed by atoms with Crippen LogP contribution >= 0.6 is 15.9 Å². The summed E-state index contributed by atoms with van der Waals surface area (Å²) >= 11 is 3.32. The second-order valence-corrected chi connectivity index (χ2v) is 8.64. The number of carbonyl (C=O) groups is 2. The molecule has 8 heteroatoms. The number of carbonyl (C=O) groups excluding carboxylic acids is 2. The summed E-state index contributed by atoms with van der Waals surface area (Å²) in [5.41, 5.74) is 1.30. The van der Waals surface area contributed by atoms with Crippen LogP contribution < -0.4 is 4.74 Å². The molecule has 1 aliphatic heterocycles. The minimum absolute atomic E-state index is 0.00209. The van der Waals surface area contributed by atoms with Crippen LogP contribution in [0.2, 0.25) is 0 Å². The molecule has 0 saturated carbocycles. The number of piperazine rings is 1. The molecular weight excluding hydrogens is 467 g/mol. The molecule has 0 N–H and O–H groups in total. The van der Waals surface area contributed by atoms with Crippen LogP contribution in [0.5, 0.6) is 5.75 Å². The lowest BCUT2D eigenvalue weighted by Gasteiger charge is -2.44. The van der Waals surface area contributed by atoms with E-state index in [0.29, 0.717) is 29.9 Å². The molecule has 1 heterocycles. The van der Waals surface area contributed by atoms with Crippen molar-refractivity contribution >= 4 is 27.8 Å². The van der Waals surface area contributed by atoms with E-state index in [-0.39, 0.29) is 36.0 Å². The molecule has 0 radical (unpaired) electrons. The van der Waals surface area contributed by atoms with Gasteiger partial charge < -0.3 is 14.4 Å². The third-order valence-corrected chi connectivity index (χ3v) is 5.93. The van der Waals surface area contributed by atoms with Gasteiger partial charge >= 0.3 is 5.97 Å². The minimum Gasteiger partial charge on any atom is -0.483 e. The van der Waals surface area contributed by atoms with Gasteiger partial charge in [-0.3, -0.25) is 9.69 Å². The Bertz CT molecular complexity index is 938. The van der Waals surface area contributed by atoms with Crippen LogP contribution in [0.1, 0.15) is 29.8 Å². The Morgan fingerprint density at radius 3 is 2.48 bits per heavy atom. The monoisotopic (exact) mass is 492 g/mol. The fourth-order valence-electron chi connectivity index (χ4n) is 3.71. The maximum Gasteiger partial charge on any atom is 0.341 e. The summed E-state index contributed by atoms with van der Waals surface area (Å²) in [5.74, 6) is -0.611. The van der Waals surface area contributed by atoms with Crippen molar-refractivity contribution in [3.05, 3.63) is 63.9 Å². The van der Waals surface area contributed by atoms with Gasteiger partial charge in [0.2, 0.25) is 0 Å². The van der Waals surface area contributed by atoms with Crippen LogP contribution in [0.3, 0.4) is 0 Å². The molecule has 0 bridgehead atoms. The molecule has 166 valence electrons. The third kappa shape index (κ3) is 5.83. The Morgan fingerprint density at radius 2 is 1.81 bits per heavy atom. The van der Waals surface area contributed by atoms with Crippen molar-refractivity contribution in [2.75, 3.05) is 26.8 Å². The largest absolute Gasteiger partial charge is 0.483 e. The maximum absolute atomic E-state index is 13.2. The van der Waals surface area contributed by atoms with Gasteiger partial charge in [0.05, 0.1) is 7.11 Å². The molecule has 3 rings (SSSR count). The number of ether oxygens (including phenoxy) is 2. The molecule has 0 aliphatic carbocycles. The van der Waals surface area contributed by atoms with Gasteiger partial charge in [-0.1, -0.05) is 28.1 Å². The molecule has 1 fully saturated rings. The first-order chi connectivity index (χ1) is 14.8. The van der Waals surface area contributed by atoms with Crippen LogP contribution in [0.15, 0.2) is 46.9 Å². The second kappa shape index (κ2) is 10.2. The van der Waals surface area contributed by atoms with Crippen molar-refractivity contribution in [1.29, 1.82) is 0 Å². The van der Waals surface area contributed by atoms with E-state index in [2.05, 4.69) is 27.8 Å². The van der Waals surface area contributed by atoms with Crippen LogP contribution in [-0.2, 0) is 16.1 Å². The molecule has 2 unspecified atom stereocenters. The van der Waals surface area contributed by atoms with Crippen molar-refractivity contribution in [2.45, 2.75) is 32.5 Å². The molecular formula is C23H26BrFN2O4. The summed E-state index contributed by atoms with van der Waals surface area (Å²) in [6.07, 6.45) is 0. The van der Waals surface area contributed by atoms with Crippen LogP contribution in [0, 0.1) is 5.82 Å². The molecule has 6 nitrogen and oxygen atoms in total. The Morgan fingerprint density at radius 1 is 1.10 bits per heavy atom. The smallest absolute Gasteiger partial charge is 0.341 e. The zero-order valence-electron chi connectivity index (χ0n) is 17.8. The lowest BCUT2D eigenvalue weighted by Crippen LogP contribution is -2.58. The van der Waals surface area contributed by atoms with E-state index >= 15 is 0 Å². The molecule has 31 heavy (non-hydrogen) atoms. The zero-order valence-corrected chi connectivity index (χ0v) is 19.4. The normalized spacial score (nSPS) is 19.2. The third-order valence-electron chi connectivity index (χ3n) is 5.43. The number of halogens is 2. The van der Waals surface area contributed by atoms with Gasteiger partial charge in [0.1, 0.15) is 17.1 Å². The van der Waals surface area contributed by atoms with Gasteiger partial charge in [0, 0.05) is 36.2 Å². The summed E-state index contributed by atoms with van der Waals surface area (Å²) in [7, 11) is 1.30. The molecule has 2 aromatic rings. The van der Waals surface area contributed by atoms with Crippen molar-refractivity contribution in [3.63, 3.8) is 0 Å². The van der Waals surface area contributed by atoms with Crippen molar-refractivity contribution in [2.24, 2.45) is 0 Å². The number of esters is 1. The summed E-state index contributed by atoms with van der Waals surface area (Å²) in [4.78, 5) is 28.9. The Kier molecular flexibility index (Phi) is 7.67. The second-order valence-electron chi connectivity index (χ2n) is 7.72. The Labute approximate surface area is 190 Å². The molecule has 1 amide bonds. The topological polar surface area (TPSA) is 59.1 Å². The first-order valence-corrected chi connectivity index (χ1v) is 10.9. The predicted octanol–water partition coefficient (Wildman–Crippen LogP) is 3.88. The first kappa shape index (κ1) is 23.2. The quantitative estimate of drug-likeness (QED) is 0.572. The highest BCUT2D eigenvalue weighted by Gasteiger charge is 2.32. The average Bonchev–Trinajstić information content (AvgIpc) is 2.75. The van der Waals surface area contributed by atoms with E-state index in [1.165, 1.54) is 19.2 Å². The van der Waals surface area contributed by atoms with Gasteiger partial charge in [-0.25, -0.2) is 9.18 Å². The predicted molar refractivity (Wildman–Crippen MR) is 118 cm³/mol. The molecule has 2 aromatic carbocycles. The van der Waals surface area contributed by atoms with Gasteiger partial charge in [-0.2, -0.15) is 0 Å². The number of nitrogens with zero attached hydrogens (tertiary/aromatic N) is 2. The molecule has 2 atom stereocenters. The highest BCUT2D eigenvalue weighted by molar-refractivity contribution is 9.10. The van der Waals surface area contributed by atoms with Gasteiger partial charge in [0.25, 0.3) is 5.91 Å². The number of hydrogen-bond donors (Lipinski definition) is 0. The number of hydrogen-bond acceptors (Lipinski definition) is 5. The van der Waals surface area contributed by atoms with Crippen molar-refractivity contribution < 1.29 is 23.5 Å². The number of benzene rings is 2. The highest BCUT2D eigenvalue weighted by atomic mass is 79.9. The maximum atomic E-state index is 13.2. The van der Waals surface area contributed by atoms with Gasteiger partial charge in [0.15, 0.2) is 6.61 Å². The van der Waals surface area contributed by atoms with E-state index in [1.54, 1.807) is 30.3 Å². The van der Waals surface area contributed by atoms with Gasteiger partial charge in [-0.05, 0) is 49.7 Å². The van der Waals surface area contributed by atoms with Crippen LogP contribution in [0.4, 0.5) is 4.39 Å². The fraction of sp³-hybridized carbons (Fsp3) is 0.391. The molecule has 1 saturated heterocycles. The molecule has 1 aliphatic rings. The van der Waals surface area contributed by atoms with E-state index in [9.17, 15) is 14.0 Å². The number of rotatable bonds is 6. The Hall–Kier alpha value is -2.45. The summed E-state index contributed by atoms with van der Waals surface area (Å²) in [5, 5.41) is 0. The fourth-order valence-corrected chi connectivity index (χ4v) is 4.07.